The largest absolute Gasteiger partial charge is 0.438 e. The van der Waals surface area contributed by atoms with Crippen LogP contribution in [0.3, 0.4) is 0 Å². The first-order valence-electron chi connectivity index (χ1n) is 5.44. The Morgan fingerprint density at radius 1 is 1.15 bits per heavy atom. The van der Waals surface area contributed by atoms with Crippen molar-refractivity contribution in [1.82, 2.24) is 15.1 Å². The van der Waals surface area contributed by atoms with Crippen molar-refractivity contribution in [2.24, 2.45) is 5.10 Å². The zero-order chi connectivity index (χ0) is 14.3. The molecule has 1 aliphatic heterocycles. The molecule has 0 saturated heterocycles. The number of aromatic nitrogens is 3. The SMILES string of the molecule is Fc1ccc(C2=Nn3nnc(C(F)(F)F)c3SC2)cc1. The van der Waals surface area contributed by atoms with Crippen molar-refractivity contribution in [3.8, 4) is 0 Å². The van der Waals surface area contributed by atoms with E-state index in [1.165, 1.54) is 24.3 Å². The first kappa shape index (κ1) is 13.1. The Kier molecular flexibility index (Phi) is 3.00. The summed E-state index contributed by atoms with van der Waals surface area (Å²) < 4.78 is 50.8. The Balaban J connectivity index is 1.99. The van der Waals surface area contributed by atoms with Crippen molar-refractivity contribution in [1.29, 1.82) is 0 Å². The molecule has 3 rings (SSSR count). The molecule has 0 saturated carbocycles. The van der Waals surface area contributed by atoms with Gasteiger partial charge in [0.05, 0.1) is 5.71 Å². The number of nitrogens with zero attached hydrogens (tertiary/aromatic N) is 4. The highest BCUT2D eigenvalue weighted by Gasteiger charge is 2.40. The molecule has 1 aliphatic rings. The average molecular weight is 302 g/mol. The van der Waals surface area contributed by atoms with Gasteiger partial charge in [-0.2, -0.15) is 18.3 Å². The molecule has 0 fully saturated rings. The van der Waals surface area contributed by atoms with Crippen LogP contribution in [0.1, 0.15) is 11.3 Å². The van der Waals surface area contributed by atoms with Crippen LogP contribution in [0.15, 0.2) is 34.4 Å². The lowest BCUT2D eigenvalue weighted by molar-refractivity contribution is -0.143. The minimum absolute atomic E-state index is 0.136. The smallest absolute Gasteiger partial charge is 0.207 e. The van der Waals surface area contributed by atoms with Gasteiger partial charge in [-0.25, -0.2) is 4.39 Å². The van der Waals surface area contributed by atoms with E-state index >= 15 is 0 Å². The summed E-state index contributed by atoms with van der Waals surface area (Å²) in [6.07, 6.45) is -4.55. The number of thioether (sulfide) groups is 1. The molecule has 0 atom stereocenters. The number of alkyl halides is 3. The number of halogens is 4. The Hall–Kier alpha value is -1.90. The molecular weight excluding hydrogens is 296 g/mol. The molecule has 20 heavy (non-hydrogen) atoms. The molecule has 0 N–H and O–H groups in total. The molecule has 104 valence electrons. The second-order valence-electron chi connectivity index (χ2n) is 3.97. The summed E-state index contributed by atoms with van der Waals surface area (Å²) in [5, 5.41) is 10.4. The van der Waals surface area contributed by atoms with Crippen LogP contribution < -0.4 is 0 Å². The summed E-state index contributed by atoms with van der Waals surface area (Å²) in [5.74, 6) is -0.152. The third kappa shape index (κ3) is 2.28. The molecule has 1 aromatic carbocycles. The maximum atomic E-state index is 12.8. The number of rotatable bonds is 1. The normalized spacial score (nSPS) is 14.9. The third-order valence-corrected chi connectivity index (χ3v) is 3.67. The molecule has 2 aromatic rings. The van der Waals surface area contributed by atoms with Gasteiger partial charge in [-0.1, -0.05) is 23.9 Å². The summed E-state index contributed by atoms with van der Waals surface area (Å²) in [7, 11) is 0. The zero-order valence-electron chi connectivity index (χ0n) is 9.73. The molecule has 0 radical (unpaired) electrons. The Labute approximate surface area is 114 Å². The lowest BCUT2D eigenvalue weighted by atomic mass is 10.1. The molecule has 0 bridgehead atoms. The van der Waals surface area contributed by atoms with Gasteiger partial charge in [0.15, 0.2) is 5.03 Å². The van der Waals surface area contributed by atoms with Gasteiger partial charge >= 0.3 is 6.18 Å². The second-order valence-corrected chi connectivity index (χ2v) is 4.94. The van der Waals surface area contributed by atoms with E-state index in [1.54, 1.807) is 0 Å². The van der Waals surface area contributed by atoms with Crippen LogP contribution in [0.4, 0.5) is 17.6 Å². The van der Waals surface area contributed by atoms with Gasteiger partial charge in [-0.05, 0) is 22.9 Å². The summed E-state index contributed by atoms with van der Waals surface area (Å²) in [6, 6.07) is 5.56. The van der Waals surface area contributed by atoms with Crippen LogP contribution >= 0.6 is 11.8 Å². The topological polar surface area (TPSA) is 43.1 Å². The maximum absolute atomic E-state index is 12.8. The zero-order valence-corrected chi connectivity index (χ0v) is 10.5. The Morgan fingerprint density at radius 2 is 1.85 bits per heavy atom. The van der Waals surface area contributed by atoms with E-state index in [2.05, 4.69) is 15.4 Å². The van der Waals surface area contributed by atoms with E-state index in [0.29, 0.717) is 11.3 Å². The van der Waals surface area contributed by atoms with Gasteiger partial charge < -0.3 is 0 Å². The monoisotopic (exact) mass is 302 g/mol. The molecule has 0 spiro atoms. The van der Waals surface area contributed by atoms with E-state index in [0.717, 1.165) is 16.6 Å². The standard InChI is InChI=1S/C11H6F4N4S/c12-7-3-1-6(2-4-7)8-5-20-10-9(11(13,14)15)16-18-19(10)17-8/h1-4H,5H2. The summed E-state index contributed by atoms with van der Waals surface area (Å²) >= 11 is 0.949. The van der Waals surface area contributed by atoms with Crippen molar-refractivity contribution in [2.45, 2.75) is 11.2 Å². The van der Waals surface area contributed by atoms with E-state index in [4.69, 9.17) is 0 Å². The van der Waals surface area contributed by atoms with Crippen molar-refractivity contribution < 1.29 is 17.6 Å². The van der Waals surface area contributed by atoms with Crippen LogP contribution in [-0.4, -0.2) is 26.6 Å². The minimum Gasteiger partial charge on any atom is -0.207 e. The second kappa shape index (κ2) is 4.58. The summed E-state index contributed by atoms with van der Waals surface area (Å²) in [4.78, 5) is 0.857. The molecular formula is C11H6F4N4S. The van der Waals surface area contributed by atoms with Gasteiger partial charge in [-0.3, -0.25) is 0 Å². The predicted molar refractivity (Wildman–Crippen MR) is 64.1 cm³/mol. The maximum Gasteiger partial charge on any atom is 0.438 e. The molecule has 1 aromatic heterocycles. The van der Waals surface area contributed by atoms with Crippen molar-refractivity contribution in [3.05, 3.63) is 41.3 Å². The fourth-order valence-electron chi connectivity index (χ4n) is 1.70. The van der Waals surface area contributed by atoms with Crippen LogP contribution in [0, 0.1) is 5.82 Å². The van der Waals surface area contributed by atoms with E-state index in [1.807, 2.05) is 0 Å². The van der Waals surface area contributed by atoms with E-state index < -0.39 is 17.7 Å². The highest BCUT2D eigenvalue weighted by molar-refractivity contribution is 8.00. The highest BCUT2D eigenvalue weighted by atomic mass is 32.2. The number of hydrogen-bond acceptors (Lipinski definition) is 4. The predicted octanol–water partition coefficient (Wildman–Crippen LogP) is 2.79. The molecule has 0 unspecified atom stereocenters. The molecule has 4 nitrogen and oxygen atoms in total. The average Bonchev–Trinajstić information content (AvgIpc) is 2.82. The summed E-state index contributed by atoms with van der Waals surface area (Å²) in [5.41, 5.74) is 0.110. The van der Waals surface area contributed by atoms with Gasteiger partial charge in [0, 0.05) is 5.75 Å². The molecule has 0 amide bonds. The number of benzene rings is 1. The van der Waals surface area contributed by atoms with Crippen LogP contribution in [0.25, 0.3) is 0 Å². The fraction of sp³-hybridized carbons (Fsp3) is 0.182. The minimum atomic E-state index is -4.55. The van der Waals surface area contributed by atoms with Crippen molar-refractivity contribution >= 4 is 17.5 Å². The first-order chi connectivity index (χ1) is 9.45. The fourth-order valence-corrected chi connectivity index (χ4v) is 2.68. The Bertz CT molecular complexity index is 675. The molecule has 9 heteroatoms. The first-order valence-corrected chi connectivity index (χ1v) is 6.43. The number of fused-ring (bicyclic) bond motifs is 1. The summed E-state index contributed by atoms with van der Waals surface area (Å²) in [6.45, 7) is 0. The molecule has 0 aliphatic carbocycles. The van der Waals surface area contributed by atoms with Gasteiger partial charge in [0.1, 0.15) is 5.82 Å². The van der Waals surface area contributed by atoms with Gasteiger partial charge in [-0.15, -0.1) is 9.89 Å². The van der Waals surface area contributed by atoms with Crippen molar-refractivity contribution in [2.75, 3.05) is 5.75 Å². The quantitative estimate of drug-likeness (QED) is 0.761. The molecule has 2 heterocycles. The highest BCUT2D eigenvalue weighted by Crippen LogP contribution is 2.36. The van der Waals surface area contributed by atoms with Crippen LogP contribution in [0.2, 0.25) is 0 Å². The third-order valence-electron chi connectivity index (χ3n) is 2.62. The van der Waals surface area contributed by atoms with Crippen LogP contribution in [-0.2, 0) is 6.18 Å². The van der Waals surface area contributed by atoms with E-state index in [-0.39, 0.29) is 10.8 Å². The van der Waals surface area contributed by atoms with E-state index in [9.17, 15) is 17.6 Å². The number of hydrogen-bond donors (Lipinski definition) is 0. The van der Waals surface area contributed by atoms with Crippen molar-refractivity contribution in [3.63, 3.8) is 0 Å². The van der Waals surface area contributed by atoms with Crippen LogP contribution in [0.5, 0.6) is 0 Å². The lowest BCUT2D eigenvalue weighted by Crippen LogP contribution is -2.15. The Morgan fingerprint density at radius 3 is 2.50 bits per heavy atom. The van der Waals surface area contributed by atoms with Gasteiger partial charge in [0.25, 0.3) is 0 Å². The lowest BCUT2D eigenvalue weighted by Gasteiger charge is -2.13. The van der Waals surface area contributed by atoms with Gasteiger partial charge in [0.2, 0.25) is 5.69 Å².